The maximum atomic E-state index is 11.9. The molecule has 4 rings (SSSR count). The number of methoxy groups -OCH3 is 1. The molecule has 0 bridgehead atoms. The van der Waals surface area contributed by atoms with E-state index in [1.807, 2.05) is 42.2 Å². The zero-order valence-electron chi connectivity index (χ0n) is 14.1. The Labute approximate surface area is 145 Å². The van der Waals surface area contributed by atoms with Crippen molar-refractivity contribution in [3.63, 3.8) is 0 Å². The number of hydrogen-bond donors (Lipinski definition) is 0. The first-order chi connectivity index (χ1) is 12.2. The van der Waals surface area contributed by atoms with Crippen LogP contribution in [0.2, 0.25) is 0 Å². The molecule has 126 valence electrons. The Hall–Kier alpha value is -3.02. The Balaban J connectivity index is 1.68. The van der Waals surface area contributed by atoms with Gasteiger partial charge in [-0.2, -0.15) is 0 Å². The Kier molecular flexibility index (Phi) is 3.80. The number of hydrogen-bond acceptors (Lipinski definition) is 5. The van der Waals surface area contributed by atoms with Gasteiger partial charge in [0.05, 0.1) is 30.6 Å². The average molecular weight is 334 g/mol. The van der Waals surface area contributed by atoms with Crippen molar-refractivity contribution in [2.24, 2.45) is 0 Å². The van der Waals surface area contributed by atoms with E-state index in [1.165, 1.54) is 12.7 Å². The number of esters is 1. The lowest BCUT2D eigenvalue weighted by Gasteiger charge is -2.09. The molecule has 0 fully saturated rings. The van der Waals surface area contributed by atoms with Gasteiger partial charge in [-0.05, 0) is 43.0 Å². The predicted molar refractivity (Wildman–Crippen MR) is 92.2 cm³/mol. The van der Waals surface area contributed by atoms with Crippen LogP contribution in [0.4, 0.5) is 0 Å². The number of aromatic nitrogens is 4. The molecule has 0 N–H and O–H groups in total. The van der Waals surface area contributed by atoms with Gasteiger partial charge in [0.25, 0.3) is 0 Å². The SMILES string of the molecule is COC(=O)c1cc(-c2cn(C3CCc4cccnc43)nn2)ccc1C. The standard InChI is InChI=1S/C19H18N4O2/c1-12-5-6-14(10-15(12)19(24)25-2)16-11-23(22-21-16)17-8-7-13-4-3-9-20-18(13)17/h3-6,9-11,17H,7-8H2,1-2H3. The van der Waals surface area contributed by atoms with Gasteiger partial charge < -0.3 is 4.74 Å². The minimum Gasteiger partial charge on any atom is -0.465 e. The first-order valence-corrected chi connectivity index (χ1v) is 8.22. The van der Waals surface area contributed by atoms with E-state index < -0.39 is 0 Å². The third kappa shape index (κ3) is 2.69. The molecule has 0 aliphatic heterocycles. The monoisotopic (exact) mass is 334 g/mol. The molecular weight excluding hydrogens is 316 g/mol. The summed E-state index contributed by atoms with van der Waals surface area (Å²) in [5, 5.41) is 8.59. The first-order valence-electron chi connectivity index (χ1n) is 8.22. The fourth-order valence-electron chi connectivity index (χ4n) is 3.32. The highest BCUT2D eigenvalue weighted by Crippen LogP contribution is 2.32. The van der Waals surface area contributed by atoms with Gasteiger partial charge in [0, 0.05) is 11.8 Å². The van der Waals surface area contributed by atoms with Crippen molar-refractivity contribution in [1.82, 2.24) is 20.0 Å². The van der Waals surface area contributed by atoms with Crippen molar-refractivity contribution in [3.8, 4) is 11.3 Å². The van der Waals surface area contributed by atoms with Gasteiger partial charge in [0.2, 0.25) is 0 Å². The van der Waals surface area contributed by atoms with Gasteiger partial charge >= 0.3 is 5.97 Å². The van der Waals surface area contributed by atoms with Gasteiger partial charge in [-0.3, -0.25) is 4.98 Å². The highest BCUT2D eigenvalue weighted by molar-refractivity contribution is 5.92. The number of nitrogens with zero attached hydrogens (tertiary/aromatic N) is 4. The van der Waals surface area contributed by atoms with Crippen LogP contribution in [0.1, 0.15) is 39.6 Å². The van der Waals surface area contributed by atoms with E-state index in [4.69, 9.17) is 4.74 Å². The van der Waals surface area contributed by atoms with Crippen molar-refractivity contribution in [2.75, 3.05) is 7.11 Å². The Morgan fingerprint density at radius 3 is 3.04 bits per heavy atom. The topological polar surface area (TPSA) is 69.9 Å². The number of ether oxygens (including phenoxy) is 1. The number of rotatable bonds is 3. The van der Waals surface area contributed by atoms with Crippen LogP contribution in [0.3, 0.4) is 0 Å². The first kappa shape index (κ1) is 15.5. The molecule has 0 saturated carbocycles. The van der Waals surface area contributed by atoms with E-state index >= 15 is 0 Å². The predicted octanol–water partition coefficient (Wildman–Crippen LogP) is 2.97. The van der Waals surface area contributed by atoms with E-state index in [9.17, 15) is 4.79 Å². The summed E-state index contributed by atoms with van der Waals surface area (Å²) in [4.78, 5) is 16.4. The number of aryl methyl sites for hydroxylation is 2. The summed E-state index contributed by atoms with van der Waals surface area (Å²) in [7, 11) is 1.38. The van der Waals surface area contributed by atoms with Gasteiger partial charge in [0.15, 0.2) is 0 Å². The van der Waals surface area contributed by atoms with Crippen LogP contribution in [-0.4, -0.2) is 33.1 Å². The van der Waals surface area contributed by atoms with Crippen molar-refractivity contribution in [3.05, 3.63) is 65.1 Å². The lowest BCUT2D eigenvalue weighted by atomic mass is 10.0. The molecule has 25 heavy (non-hydrogen) atoms. The lowest BCUT2D eigenvalue weighted by molar-refractivity contribution is 0.0600. The van der Waals surface area contributed by atoms with Crippen molar-refractivity contribution < 1.29 is 9.53 Å². The van der Waals surface area contributed by atoms with Crippen molar-refractivity contribution in [1.29, 1.82) is 0 Å². The van der Waals surface area contributed by atoms with Crippen LogP contribution in [-0.2, 0) is 11.2 Å². The Morgan fingerprint density at radius 2 is 2.20 bits per heavy atom. The average Bonchev–Trinajstić information content (AvgIpc) is 3.28. The van der Waals surface area contributed by atoms with Gasteiger partial charge in [-0.1, -0.05) is 23.4 Å². The van der Waals surface area contributed by atoms with Crippen LogP contribution in [0, 0.1) is 6.92 Å². The van der Waals surface area contributed by atoms with Crippen LogP contribution in [0.5, 0.6) is 0 Å². The van der Waals surface area contributed by atoms with Gasteiger partial charge in [0.1, 0.15) is 5.69 Å². The fraction of sp³-hybridized carbons (Fsp3) is 0.263. The maximum absolute atomic E-state index is 11.9. The summed E-state index contributed by atoms with van der Waals surface area (Å²) >= 11 is 0. The molecule has 6 heteroatoms. The number of carbonyl (C=O) groups is 1. The maximum Gasteiger partial charge on any atom is 0.338 e. The summed E-state index contributed by atoms with van der Waals surface area (Å²) in [6, 6.07) is 9.83. The highest BCUT2D eigenvalue weighted by Gasteiger charge is 2.26. The van der Waals surface area contributed by atoms with Gasteiger partial charge in [-0.25, -0.2) is 9.48 Å². The summed E-state index contributed by atoms with van der Waals surface area (Å²) in [5.74, 6) is -0.347. The molecule has 0 amide bonds. The second kappa shape index (κ2) is 6.12. The molecule has 2 aromatic heterocycles. The molecule has 0 radical (unpaired) electrons. The summed E-state index contributed by atoms with van der Waals surface area (Å²) in [5.41, 5.74) is 5.33. The second-order valence-electron chi connectivity index (χ2n) is 6.21. The molecule has 1 atom stereocenters. The minimum atomic E-state index is -0.347. The third-order valence-electron chi connectivity index (χ3n) is 4.70. The quantitative estimate of drug-likeness (QED) is 0.689. The van der Waals surface area contributed by atoms with E-state index in [2.05, 4.69) is 21.4 Å². The van der Waals surface area contributed by atoms with Crippen LogP contribution < -0.4 is 0 Å². The fourth-order valence-corrected chi connectivity index (χ4v) is 3.32. The zero-order valence-corrected chi connectivity index (χ0v) is 14.1. The molecule has 6 nitrogen and oxygen atoms in total. The molecule has 1 aliphatic carbocycles. The second-order valence-corrected chi connectivity index (χ2v) is 6.21. The highest BCUT2D eigenvalue weighted by atomic mass is 16.5. The van der Waals surface area contributed by atoms with Crippen molar-refractivity contribution >= 4 is 5.97 Å². The lowest BCUT2D eigenvalue weighted by Crippen LogP contribution is -2.09. The van der Waals surface area contributed by atoms with E-state index in [-0.39, 0.29) is 12.0 Å². The smallest absolute Gasteiger partial charge is 0.338 e. The van der Waals surface area contributed by atoms with Crippen LogP contribution in [0.15, 0.2) is 42.7 Å². The Morgan fingerprint density at radius 1 is 1.32 bits per heavy atom. The number of benzene rings is 1. The van der Waals surface area contributed by atoms with E-state index in [1.54, 1.807) is 6.07 Å². The molecular formula is C19H18N4O2. The molecule has 3 aromatic rings. The molecule has 1 unspecified atom stereocenters. The summed E-state index contributed by atoms with van der Waals surface area (Å²) < 4.78 is 6.71. The van der Waals surface area contributed by atoms with Crippen LogP contribution >= 0.6 is 0 Å². The zero-order chi connectivity index (χ0) is 17.4. The molecule has 0 saturated heterocycles. The van der Waals surface area contributed by atoms with Crippen LogP contribution in [0.25, 0.3) is 11.3 Å². The molecule has 2 heterocycles. The molecule has 0 spiro atoms. The number of fused-ring (bicyclic) bond motifs is 1. The van der Waals surface area contributed by atoms with Crippen molar-refractivity contribution in [2.45, 2.75) is 25.8 Å². The summed E-state index contributed by atoms with van der Waals surface area (Å²) in [6.45, 7) is 1.88. The largest absolute Gasteiger partial charge is 0.465 e. The summed E-state index contributed by atoms with van der Waals surface area (Å²) in [6.07, 6.45) is 5.70. The number of carbonyl (C=O) groups excluding carboxylic acids is 1. The minimum absolute atomic E-state index is 0.114. The van der Waals surface area contributed by atoms with Gasteiger partial charge in [-0.15, -0.1) is 5.10 Å². The Bertz CT molecular complexity index is 948. The molecule has 1 aromatic carbocycles. The third-order valence-corrected chi connectivity index (χ3v) is 4.70. The normalized spacial score (nSPS) is 15.8. The molecule has 1 aliphatic rings. The van der Waals surface area contributed by atoms with E-state index in [0.29, 0.717) is 5.56 Å². The number of pyridine rings is 1. The van der Waals surface area contributed by atoms with E-state index in [0.717, 1.165) is 35.4 Å².